The van der Waals surface area contributed by atoms with Gasteiger partial charge in [0.05, 0.1) is 13.1 Å². The van der Waals surface area contributed by atoms with Crippen LogP contribution in [-0.4, -0.2) is 66.8 Å². The first kappa shape index (κ1) is 19.4. The lowest BCUT2D eigenvalue weighted by Crippen LogP contribution is -2.53. The van der Waals surface area contributed by atoms with Gasteiger partial charge in [-0.1, -0.05) is 37.3 Å². The van der Waals surface area contributed by atoms with Crippen molar-refractivity contribution < 1.29 is 14.4 Å². The van der Waals surface area contributed by atoms with E-state index in [0.29, 0.717) is 45.2 Å². The first-order chi connectivity index (χ1) is 13.0. The van der Waals surface area contributed by atoms with Gasteiger partial charge in [0.15, 0.2) is 0 Å². The Kier molecular flexibility index (Phi) is 6.45. The minimum Gasteiger partial charge on any atom is -0.351 e. The number of benzene rings is 1. The fraction of sp³-hybridized carbons (Fsp3) is 0.550. The molecule has 0 unspecified atom stereocenters. The molecular formula is C20H28N4O3. The molecular weight excluding hydrogens is 344 g/mol. The van der Waals surface area contributed by atoms with E-state index in [0.717, 1.165) is 12.0 Å². The highest BCUT2D eigenvalue weighted by Gasteiger charge is 2.39. The van der Waals surface area contributed by atoms with E-state index in [9.17, 15) is 14.4 Å². The third-order valence-electron chi connectivity index (χ3n) is 5.28. The summed E-state index contributed by atoms with van der Waals surface area (Å²) < 4.78 is 0. The Morgan fingerprint density at radius 1 is 1.04 bits per heavy atom. The fourth-order valence-electron chi connectivity index (χ4n) is 3.30. The molecule has 1 aliphatic heterocycles. The van der Waals surface area contributed by atoms with Crippen molar-refractivity contribution >= 4 is 17.7 Å². The van der Waals surface area contributed by atoms with Crippen LogP contribution in [0.1, 0.15) is 18.9 Å². The standard InChI is InChI=1S/C20H28N4O3/c1-15-11-17(15)20(27)22-13-19(26)24-9-7-23(8-10-24)14-18(25)21-12-16-5-3-2-4-6-16/h2-6,15,17H,7-14H2,1H3,(H,21,25)(H,22,27)/t15-,17-/m0/s1. The van der Waals surface area contributed by atoms with Crippen LogP contribution in [0.4, 0.5) is 0 Å². The van der Waals surface area contributed by atoms with Gasteiger partial charge in [0, 0.05) is 38.6 Å². The molecule has 3 rings (SSSR count). The lowest BCUT2D eigenvalue weighted by atomic mass is 10.2. The number of rotatable bonds is 7. The molecule has 2 fully saturated rings. The van der Waals surface area contributed by atoms with Crippen molar-refractivity contribution in [2.24, 2.45) is 11.8 Å². The molecule has 2 atom stereocenters. The van der Waals surface area contributed by atoms with E-state index in [1.807, 2.05) is 37.3 Å². The maximum Gasteiger partial charge on any atom is 0.242 e. The normalized spacial score (nSPS) is 22.2. The van der Waals surface area contributed by atoms with Crippen LogP contribution < -0.4 is 10.6 Å². The van der Waals surface area contributed by atoms with Crippen LogP contribution in [0, 0.1) is 11.8 Å². The lowest BCUT2D eigenvalue weighted by molar-refractivity contribution is -0.135. The molecule has 2 N–H and O–H groups in total. The summed E-state index contributed by atoms with van der Waals surface area (Å²) in [5, 5.41) is 5.66. The van der Waals surface area contributed by atoms with Crippen LogP contribution in [0.25, 0.3) is 0 Å². The van der Waals surface area contributed by atoms with E-state index in [4.69, 9.17) is 0 Å². The van der Waals surface area contributed by atoms with Crippen LogP contribution in [-0.2, 0) is 20.9 Å². The maximum absolute atomic E-state index is 12.2. The summed E-state index contributed by atoms with van der Waals surface area (Å²) in [6.07, 6.45) is 0.922. The highest BCUT2D eigenvalue weighted by atomic mass is 16.2. The van der Waals surface area contributed by atoms with Crippen molar-refractivity contribution in [1.29, 1.82) is 0 Å². The largest absolute Gasteiger partial charge is 0.351 e. The van der Waals surface area contributed by atoms with Crippen molar-refractivity contribution in [2.75, 3.05) is 39.3 Å². The van der Waals surface area contributed by atoms with Crippen LogP contribution in [0.2, 0.25) is 0 Å². The summed E-state index contributed by atoms with van der Waals surface area (Å²) in [7, 11) is 0. The second-order valence-electron chi connectivity index (χ2n) is 7.46. The summed E-state index contributed by atoms with van der Waals surface area (Å²) in [6, 6.07) is 9.81. The molecule has 7 nitrogen and oxygen atoms in total. The molecule has 0 aromatic heterocycles. The molecule has 2 aliphatic rings. The zero-order valence-corrected chi connectivity index (χ0v) is 15.8. The van der Waals surface area contributed by atoms with Gasteiger partial charge in [-0.25, -0.2) is 0 Å². The second kappa shape index (κ2) is 8.99. The number of nitrogens with one attached hydrogen (secondary N) is 2. The van der Waals surface area contributed by atoms with E-state index in [-0.39, 0.29) is 30.2 Å². The Morgan fingerprint density at radius 2 is 1.70 bits per heavy atom. The summed E-state index contributed by atoms with van der Waals surface area (Å²) in [4.78, 5) is 39.9. The molecule has 1 aliphatic carbocycles. The average Bonchev–Trinajstić information content (AvgIpc) is 3.42. The van der Waals surface area contributed by atoms with Crippen molar-refractivity contribution in [2.45, 2.75) is 19.9 Å². The van der Waals surface area contributed by atoms with Gasteiger partial charge >= 0.3 is 0 Å². The predicted molar refractivity (Wildman–Crippen MR) is 102 cm³/mol. The van der Waals surface area contributed by atoms with Gasteiger partial charge in [-0.05, 0) is 17.9 Å². The zero-order valence-electron chi connectivity index (χ0n) is 15.8. The van der Waals surface area contributed by atoms with Crippen LogP contribution in [0.3, 0.4) is 0 Å². The Hall–Kier alpha value is -2.41. The first-order valence-electron chi connectivity index (χ1n) is 9.61. The smallest absolute Gasteiger partial charge is 0.242 e. The molecule has 0 radical (unpaired) electrons. The second-order valence-corrected chi connectivity index (χ2v) is 7.46. The van der Waals surface area contributed by atoms with Crippen molar-refractivity contribution in [1.82, 2.24) is 20.4 Å². The summed E-state index contributed by atoms with van der Waals surface area (Å²) >= 11 is 0. The Balaban J connectivity index is 1.31. The third kappa shape index (κ3) is 5.79. The van der Waals surface area contributed by atoms with Crippen molar-refractivity contribution in [3.8, 4) is 0 Å². The molecule has 0 bridgehead atoms. The van der Waals surface area contributed by atoms with E-state index in [2.05, 4.69) is 15.5 Å². The van der Waals surface area contributed by atoms with Gasteiger partial charge in [-0.2, -0.15) is 0 Å². The molecule has 146 valence electrons. The van der Waals surface area contributed by atoms with E-state index >= 15 is 0 Å². The Morgan fingerprint density at radius 3 is 2.33 bits per heavy atom. The number of nitrogens with zero attached hydrogens (tertiary/aromatic N) is 2. The summed E-state index contributed by atoms with van der Waals surface area (Å²) in [5.41, 5.74) is 1.07. The maximum atomic E-state index is 12.2. The van der Waals surface area contributed by atoms with E-state index in [1.165, 1.54) is 0 Å². The Labute approximate surface area is 160 Å². The molecule has 7 heteroatoms. The van der Waals surface area contributed by atoms with Crippen LogP contribution >= 0.6 is 0 Å². The van der Waals surface area contributed by atoms with Gasteiger partial charge in [-0.15, -0.1) is 0 Å². The topological polar surface area (TPSA) is 81.8 Å². The minimum atomic E-state index is -0.0511. The fourth-order valence-corrected chi connectivity index (χ4v) is 3.30. The molecule has 3 amide bonds. The quantitative estimate of drug-likeness (QED) is 0.717. The molecule has 1 aromatic rings. The zero-order chi connectivity index (χ0) is 19.2. The first-order valence-corrected chi connectivity index (χ1v) is 9.61. The SMILES string of the molecule is C[C@H]1C[C@@H]1C(=O)NCC(=O)N1CCN(CC(=O)NCc2ccccc2)CC1. The Bertz CT molecular complexity index is 671. The lowest BCUT2D eigenvalue weighted by Gasteiger charge is -2.34. The number of hydrogen-bond donors (Lipinski definition) is 2. The molecule has 1 heterocycles. The predicted octanol–water partition coefficient (Wildman–Crippen LogP) is 0.219. The molecule has 27 heavy (non-hydrogen) atoms. The number of amides is 3. The van der Waals surface area contributed by atoms with Crippen LogP contribution in [0.15, 0.2) is 30.3 Å². The average molecular weight is 372 g/mol. The van der Waals surface area contributed by atoms with E-state index in [1.54, 1.807) is 4.90 Å². The number of hydrogen-bond acceptors (Lipinski definition) is 4. The molecule has 1 aromatic carbocycles. The number of piperazine rings is 1. The van der Waals surface area contributed by atoms with Crippen molar-refractivity contribution in [3.05, 3.63) is 35.9 Å². The van der Waals surface area contributed by atoms with Gasteiger partial charge in [0.25, 0.3) is 0 Å². The highest BCUT2D eigenvalue weighted by Crippen LogP contribution is 2.37. The van der Waals surface area contributed by atoms with Gasteiger partial charge < -0.3 is 15.5 Å². The molecule has 1 saturated heterocycles. The van der Waals surface area contributed by atoms with Gasteiger partial charge in [0.2, 0.25) is 17.7 Å². The summed E-state index contributed by atoms with van der Waals surface area (Å²) in [6.45, 7) is 5.47. The number of carbonyl (C=O) groups is 3. The minimum absolute atomic E-state index is 0.00965. The van der Waals surface area contributed by atoms with E-state index < -0.39 is 0 Å². The third-order valence-corrected chi connectivity index (χ3v) is 5.28. The van der Waals surface area contributed by atoms with Crippen molar-refractivity contribution in [3.63, 3.8) is 0 Å². The molecule has 0 spiro atoms. The highest BCUT2D eigenvalue weighted by molar-refractivity contribution is 5.87. The van der Waals surface area contributed by atoms with Gasteiger partial charge in [-0.3, -0.25) is 19.3 Å². The van der Waals surface area contributed by atoms with Gasteiger partial charge in [0.1, 0.15) is 0 Å². The molecule has 1 saturated carbocycles. The number of carbonyl (C=O) groups excluding carboxylic acids is 3. The monoisotopic (exact) mass is 372 g/mol. The van der Waals surface area contributed by atoms with Crippen LogP contribution in [0.5, 0.6) is 0 Å². The summed E-state index contributed by atoms with van der Waals surface area (Å²) in [5.74, 6) is 0.458.